The van der Waals surface area contributed by atoms with Crippen LogP contribution in [0.4, 0.5) is 5.69 Å². The van der Waals surface area contributed by atoms with Crippen LogP contribution >= 0.6 is 12.4 Å². The minimum Gasteiger partial charge on any atom is -0.488 e. The van der Waals surface area contributed by atoms with Gasteiger partial charge in [0, 0.05) is 6.42 Å². The molecule has 24 heavy (non-hydrogen) atoms. The van der Waals surface area contributed by atoms with E-state index in [0.29, 0.717) is 18.4 Å². The summed E-state index contributed by atoms with van der Waals surface area (Å²) < 4.78 is 6.08. The van der Waals surface area contributed by atoms with Gasteiger partial charge in [-0.05, 0) is 76.1 Å². The van der Waals surface area contributed by atoms with Gasteiger partial charge < -0.3 is 15.4 Å². The molecule has 0 radical (unpaired) electrons. The lowest BCUT2D eigenvalue weighted by molar-refractivity contribution is -0.116. The highest BCUT2D eigenvalue weighted by atomic mass is 35.5. The smallest absolute Gasteiger partial charge is 0.224 e. The van der Waals surface area contributed by atoms with E-state index in [1.54, 1.807) is 0 Å². The minimum atomic E-state index is 0. The van der Waals surface area contributed by atoms with Crippen LogP contribution in [-0.4, -0.2) is 25.1 Å². The molecule has 1 aromatic carbocycles. The zero-order valence-electron chi connectivity index (χ0n) is 14.3. The van der Waals surface area contributed by atoms with E-state index in [4.69, 9.17) is 4.74 Å². The fourth-order valence-electron chi connectivity index (χ4n) is 3.58. The van der Waals surface area contributed by atoms with E-state index in [-0.39, 0.29) is 18.3 Å². The molecule has 1 amide bonds. The number of hydrogen-bond acceptors (Lipinski definition) is 3. The highest BCUT2D eigenvalue weighted by molar-refractivity contribution is 5.92. The lowest BCUT2D eigenvalue weighted by atomic mass is 9.93. The monoisotopic (exact) mass is 352 g/mol. The maximum Gasteiger partial charge on any atom is 0.224 e. The number of amides is 1. The van der Waals surface area contributed by atoms with Crippen LogP contribution in [0.5, 0.6) is 5.75 Å². The Balaban J connectivity index is 0.00000208. The van der Waals surface area contributed by atoms with E-state index < -0.39 is 0 Å². The maximum absolute atomic E-state index is 12.3. The van der Waals surface area contributed by atoms with E-state index in [1.165, 1.54) is 25.7 Å². The second-order valence-corrected chi connectivity index (χ2v) is 6.80. The molecule has 4 nitrogen and oxygen atoms in total. The molecule has 1 saturated carbocycles. The van der Waals surface area contributed by atoms with Crippen molar-refractivity contribution in [1.82, 2.24) is 5.32 Å². The highest BCUT2D eigenvalue weighted by Crippen LogP contribution is 2.30. The topological polar surface area (TPSA) is 50.4 Å². The van der Waals surface area contributed by atoms with Gasteiger partial charge in [-0.3, -0.25) is 4.79 Å². The van der Waals surface area contributed by atoms with Crippen molar-refractivity contribution in [1.29, 1.82) is 0 Å². The number of hydrogen-bond donors (Lipinski definition) is 2. The van der Waals surface area contributed by atoms with Crippen LogP contribution in [0.15, 0.2) is 24.3 Å². The summed E-state index contributed by atoms with van der Waals surface area (Å²) in [4.78, 5) is 12.3. The Bertz CT molecular complexity index is 512. The Labute approximate surface area is 151 Å². The van der Waals surface area contributed by atoms with Crippen molar-refractivity contribution in [3.63, 3.8) is 0 Å². The van der Waals surface area contributed by atoms with Gasteiger partial charge in [0.2, 0.25) is 5.91 Å². The van der Waals surface area contributed by atoms with Gasteiger partial charge in [0.1, 0.15) is 5.75 Å². The number of benzene rings is 1. The second-order valence-electron chi connectivity index (χ2n) is 6.80. The Hall–Kier alpha value is -1.26. The molecule has 0 unspecified atom stereocenters. The molecule has 0 bridgehead atoms. The Morgan fingerprint density at radius 3 is 2.58 bits per heavy atom. The van der Waals surface area contributed by atoms with Crippen molar-refractivity contribution in [3.05, 3.63) is 24.3 Å². The first-order valence-electron chi connectivity index (χ1n) is 9.07. The Kier molecular flexibility index (Phi) is 7.86. The van der Waals surface area contributed by atoms with E-state index in [2.05, 4.69) is 10.6 Å². The molecule has 1 aliphatic heterocycles. The molecule has 3 rings (SSSR count). The Morgan fingerprint density at radius 2 is 1.83 bits per heavy atom. The molecule has 1 heterocycles. The minimum absolute atomic E-state index is 0. The summed E-state index contributed by atoms with van der Waals surface area (Å²) in [6.07, 6.45) is 9.01. The van der Waals surface area contributed by atoms with Gasteiger partial charge >= 0.3 is 0 Å². The van der Waals surface area contributed by atoms with Crippen LogP contribution in [0.25, 0.3) is 0 Å². The van der Waals surface area contributed by atoms with Crippen LogP contribution in [0.2, 0.25) is 0 Å². The molecule has 0 atom stereocenters. The normalized spacial score (nSPS) is 18.8. The first-order chi connectivity index (χ1) is 11.3. The summed E-state index contributed by atoms with van der Waals surface area (Å²) in [5.41, 5.74) is 0.815. The summed E-state index contributed by atoms with van der Waals surface area (Å²) in [6.45, 7) is 2.18. The zero-order chi connectivity index (χ0) is 15.9. The van der Waals surface area contributed by atoms with Crippen LogP contribution < -0.4 is 15.4 Å². The first kappa shape index (κ1) is 19.1. The lowest BCUT2D eigenvalue weighted by Crippen LogP contribution is -2.28. The molecule has 2 N–H and O–H groups in total. The van der Waals surface area contributed by atoms with Gasteiger partial charge in [-0.2, -0.15) is 0 Å². The number of ether oxygens (including phenoxy) is 1. The molecule has 0 spiro atoms. The van der Waals surface area contributed by atoms with Crippen LogP contribution in [0.3, 0.4) is 0 Å². The maximum atomic E-state index is 12.3. The third kappa shape index (κ3) is 5.67. The Morgan fingerprint density at radius 1 is 1.12 bits per heavy atom. The number of piperidine rings is 1. The van der Waals surface area contributed by atoms with Gasteiger partial charge in [0.05, 0.1) is 11.8 Å². The van der Waals surface area contributed by atoms with Crippen LogP contribution in [0.1, 0.15) is 51.4 Å². The lowest BCUT2D eigenvalue weighted by Gasteiger charge is -2.22. The number of rotatable bonds is 6. The van der Waals surface area contributed by atoms with E-state index in [1.807, 2.05) is 24.3 Å². The van der Waals surface area contributed by atoms with Crippen LogP contribution in [-0.2, 0) is 4.79 Å². The van der Waals surface area contributed by atoms with Crippen molar-refractivity contribution in [3.8, 4) is 5.75 Å². The quantitative estimate of drug-likeness (QED) is 0.808. The summed E-state index contributed by atoms with van der Waals surface area (Å²) in [6, 6.07) is 7.81. The molecule has 1 aromatic rings. The average molecular weight is 353 g/mol. The third-order valence-electron chi connectivity index (χ3n) is 5.00. The van der Waals surface area contributed by atoms with Gasteiger partial charge in [-0.25, -0.2) is 0 Å². The van der Waals surface area contributed by atoms with Crippen molar-refractivity contribution in [2.45, 2.75) is 57.5 Å². The van der Waals surface area contributed by atoms with Crippen molar-refractivity contribution < 1.29 is 9.53 Å². The van der Waals surface area contributed by atoms with E-state index in [9.17, 15) is 4.79 Å². The predicted octanol–water partition coefficient (Wildman–Crippen LogP) is 4.15. The number of para-hydroxylation sites is 2. The third-order valence-corrected chi connectivity index (χ3v) is 5.00. The van der Waals surface area contributed by atoms with Crippen molar-refractivity contribution in [2.75, 3.05) is 18.4 Å². The van der Waals surface area contributed by atoms with Crippen molar-refractivity contribution in [2.24, 2.45) is 5.92 Å². The first-order valence-corrected chi connectivity index (χ1v) is 9.07. The van der Waals surface area contributed by atoms with Gasteiger partial charge in [-0.15, -0.1) is 12.4 Å². The SMILES string of the molecule is Cl.O=C(CCC1CCNCC1)Nc1ccccc1OC1CCCC1. The average Bonchev–Trinajstić information content (AvgIpc) is 3.09. The van der Waals surface area contributed by atoms with Crippen LogP contribution in [0, 0.1) is 5.92 Å². The molecule has 2 aliphatic rings. The number of anilines is 1. The molecular formula is C19H29ClN2O2. The molecule has 5 heteroatoms. The molecule has 134 valence electrons. The standard InChI is InChI=1S/C19H28N2O2.ClH/c22-19(10-9-15-11-13-20-14-12-15)21-17-7-3-4-8-18(17)23-16-5-1-2-6-16;/h3-4,7-8,15-16,20H,1-2,5-6,9-14H2,(H,21,22);1H. The van der Waals surface area contributed by atoms with Crippen molar-refractivity contribution >= 4 is 24.0 Å². The van der Waals surface area contributed by atoms with Gasteiger partial charge in [-0.1, -0.05) is 12.1 Å². The summed E-state index contributed by atoms with van der Waals surface area (Å²) in [7, 11) is 0. The summed E-state index contributed by atoms with van der Waals surface area (Å²) in [5, 5.41) is 6.41. The van der Waals surface area contributed by atoms with Gasteiger partial charge in [0.15, 0.2) is 0 Å². The molecule has 2 fully saturated rings. The number of halogens is 1. The summed E-state index contributed by atoms with van der Waals surface area (Å²) >= 11 is 0. The second kappa shape index (κ2) is 9.90. The largest absolute Gasteiger partial charge is 0.488 e. The zero-order valence-corrected chi connectivity index (χ0v) is 15.1. The predicted molar refractivity (Wildman–Crippen MR) is 100 cm³/mol. The highest BCUT2D eigenvalue weighted by Gasteiger charge is 2.19. The summed E-state index contributed by atoms with van der Waals surface area (Å²) in [5.74, 6) is 1.60. The number of carbonyl (C=O) groups is 1. The molecular weight excluding hydrogens is 324 g/mol. The number of nitrogens with one attached hydrogen (secondary N) is 2. The van der Waals surface area contributed by atoms with E-state index in [0.717, 1.165) is 43.8 Å². The van der Waals surface area contributed by atoms with E-state index >= 15 is 0 Å². The molecule has 0 aromatic heterocycles. The number of carbonyl (C=O) groups excluding carboxylic acids is 1. The fourth-order valence-corrected chi connectivity index (χ4v) is 3.58. The molecule has 1 aliphatic carbocycles. The fraction of sp³-hybridized carbons (Fsp3) is 0.632. The molecule has 1 saturated heterocycles. The van der Waals surface area contributed by atoms with Gasteiger partial charge in [0.25, 0.3) is 0 Å².